The Balaban J connectivity index is 0.000000314. The van der Waals surface area contributed by atoms with Gasteiger partial charge in [0.15, 0.2) is 6.67 Å². The van der Waals surface area contributed by atoms with Crippen molar-refractivity contribution in [3.63, 3.8) is 0 Å². The Hall–Kier alpha value is -3.19. The second-order valence-corrected chi connectivity index (χ2v) is 10.3. The van der Waals surface area contributed by atoms with Crippen LogP contribution in [0.5, 0.6) is 0 Å². The van der Waals surface area contributed by atoms with Gasteiger partial charge in [0.2, 0.25) is 12.3 Å². The highest BCUT2D eigenvalue weighted by Crippen LogP contribution is 2.34. The van der Waals surface area contributed by atoms with E-state index >= 15 is 0 Å². The van der Waals surface area contributed by atoms with Crippen LogP contribution in [0.1, 0.15) is 53.1 Å². The van der Waals surface area contributed by atoms with Crippen molar-refractivity contribution in [3.8, 4) is 6.07 Å². The monoisotopic (exact) mass is 522 g/mol. The van der Waals surface area contributed by atoms with Crippen molar-refractivity contribution in [3.05, 3.63) is 35.1 Å². The summed E-state index contributed by atoms with van der Waals surface area (Å²) in [6, 6.07) is 4.69. The second kappa shape index (κ2) is 14.4. The highest BCUT2D eigenvalue weighted by molar-refractivity contribution is 6.34. The van der Waals surface area contributed by atoms with Gasteiger partial charge >= 0.3 is 0 Å². The van der Waals surface area contributed by atoms with Crippen LogP contribution in [0.25, 0.3) is 5.52 Å². The minimum absolute atomic E-state index is 0.106. The van der Waals surface area contributed by atoms with Crippen molar-refractivity contribution >= 4 is 35.3 Å². The predicted octanol–water partition coefficient (Wildman–Crippen LogP) is 3.54. The lowest BCUT2D eigenvalue weighted by Crippen LogP contribution is -2.40. The van der Waals surface area contributed by atoms with Crippen LogP contribution in [0.2, 0.25) is 5.02 Å². The molecule has 0 aliphatic carbocycles. The van der Waals surface area contributed by atoms with Crippen LogP contribution in [0.15, 0.2) is 24.5 Å². The molecule has 2 unspecified atom stereocenters. The zero-order valence-electron chi connectivity index (χ0n) is 21.7. The number of hydrogen-bond donors (Lipinski definition) is 2. The van der Waals surface area contributed by atoms with Crippen molar-refractivity contribution in [2.75, 3.05) is 26.3 Å². The van der Waals surface area contributed by atoms with E-state index in [1.807, 2.05) is 6.07 Å². The van der Waals surface area contributed by atoms with E-state index in [0.29, 0.717) is 41.5 Å². The van der Waals surface area contributed by atoms with Crippen LogP contribution < -0.4 is 10.6 Å². The Morgan fingerprint density at radius 2 is 2.03 bits per heavy atom. The molecule has 1 fully saturated rings. The largest absolute Gasteiger partial charge is 0.345 e. The third kappa shape index (κ3) is 9.11. The van der Waals surface area contributed by atoms with Gasteiger partial charge in [-0.15, -0.1) is 0 Å². The summed E-state index contributed by atoms with van der Waals surface area (Å²) in [5, 5.41) is 18.1. The van der Waals surface area contributed by atoms with Gasteiger partial charge in [-0.25, -0.2) is 8.91 Å². The molecule has 0 aromatic carbocycles. The normalized spacial score (nSPS) is 16.7. The van der Waals surface area contributed by atoms with Gasteiger partial charge in [-0.2, -0.15) is 10.4 Å². The van der Waals surface area contributed by atoms with Gasteiger partial charge in [0, 0.05) is 24.8 Å². The number of likely N-dealkylation sites (tertiary alicyclic amines) is 1. The number of fused-ring (bicyclic) bond motifs is 1. The molecular weight excluding hydrogens is 487 g/mol. The molecule has 0 spiro atoms. The maximum absolute atomic E-state index is 11.9. The van der Waals surface area contributed by atoms with Crippen LogP contribution in [0.3, 0.4) is 0 Å². The van der Waals surface area contributed by atoms with Crippen LogP contribution in [0, 0.1) is 28.6 Å². The maximum Gasteiger partial charge on any atom is 0.251 e. The fraction of sp³-hybridized carbons (Fsp3) is 0.560. The Labute approximate surface area is 217 Å². The Kier molecular flexibility index (Phi) is 12.3. The number of alkyl halides is 1. The van der Waals surface area contributed by atoms with Crippen molar-refractivity contribution in [2.45, 2.75) is 47.6 Å². The number of nitrogens with one attached hydrogen (secondary N) is 2. The van der Waals surface area contributed by atoms with Crippen LogP contribution in [0.4, 0.5) is 4.39 Å². The molecule has 2 atom stereocenters. The lowest BCUT2D eigenvalue weighted by atomic mass is 9.84. The van der Waals surface area contributed by atoms with E-state index < -0.39 is 18.6 Å². The molecule has 0 saturated carbocycles. The molecule has 3 rings (SSSR count). The molecular formula is C25H36ClFN6O3. The fourth-order valence-corrected chi connectivity index (χ4v) is 3.58. The minimum atomic E-state index is -1.07. The van der Waals surface area contributed by atoms with Crippen molar-refractivity contribution < 1.29 is 18.8 Å². The Morgan fingerprint density at radius 3 is 2.53 bits per heavy atom. The summed E-state index contributed by atoms with van der Waals surface area (Å²) in [7, 11) is 0. The molecule has 198 valence electrons. The number of nitrogens with zero attached hydrogens (tertiary/aromatic N) is 4. The SMILES string of the molecule is CC(C)C.CC1CN(C(=O)CNC(=O)CF)CC1(C)C.N#CC(NC=O)c1cnn2cccc(Cl)c12. The number of carbonyl (C=O) groups is 3. The molecule has 3 heterocycles. The topological polar surface area (TPSA) is 120 Å². The second-order valence-electron chi connectivity index (χ2n) is 9.90. The highest BCUT2D eigenvalue weighted by atomic mass is 35.5. The van der Waals surface area contributed by atoms with E-state index in [1.165, 1.54) is 6.20 Å². The van der Waals surface area contributed by atoms with Gasteiger partial charge in [0.25, 0.3) is 5.91 Å². The van der Waals surface area contributed by atoms with Crippen LogP contribution in [-0.4, -0.2) is 59.0 Å². The summed E-state index contributed by atoms with van der Waals surface area (Å²) >= 11 is 6.02. The van der Waals surface area contributed by atoms with Gasteiger partial charge < -0.3 is 15.5 Å². The molecule has 1 aliphatic heterocycles. The van der Waals surface area contributed by atoms with Crippen molar-refractivity contribution in [1.29, 1.82) is 5.26 Å². The van der Waals surface area contributed by atoms with E-state index in [9.17, 15) is 18.8 Å². The molecule has 9 nitrogen and oxygen atoms in total. The Bertz CT molecular complexity index is 1060. The number of pyridine rings is 1. The van der Waals surface area contributed by atoms with Gasteiger partial charge in [-0.3, -0.25) is 14.4 Å². The number of carbonyl (C=O) groups excluding carboxylic acids is 3. The molecule has 0 radical (unpaired) electrons. The third-order valence-corrected chi connectivity index (χ3v) is 5.84. The van der Waals surface area contributed by atoms with E-state index in [2.05, 4.69) is 57.3 Å². The lowest BCUT2D eigenvalue weighted by molar-refractivity contribution is -0.132. The number of halogens is 2. The van der Waals surface area contributed by atoms with Crippen LogP contribution in [-0.2, 0) is 14.4 Å². The summed E-state index contributed by atoms with van der Waals surface area (Å²) < 4.78 is 13.4. The molecule has 1 aliphatic rings. The average molecular weight is 523 g/mol. The van der Waals surface area contributed by atoms with Gasteiger partial charge in [0.05, 0.1) is 29.4 Å². The first-order chi connectivity index (χ1) is 16.9. The first kappa shape index (κ1) is 30.8. The summed E-state index contributed by atoms with van der Waals surface area (Å²) in [5.74, 6) is 0.396. The summed E-state index contributed by atoms with van der Waals surface area (Å²) in [6.07, 6.45) is 3.72. The number of nitriles is 1. The fourth-order valence-electron chi connectivity index (χ4n) is 3.31. The zero-order chi connectivity index (χ0) is 27.5. The van der Waals surface area contributed by atoms with E-state index in [4.69, 9.17) is 16.9 Å². The quantitative estimate of drug-likeness (QED) is 0.562. The van der Waals surface area contributed by atoms with Crippen molar-refractivity contribution in [2.24, 2.45) is 17.3 Å². The summed E-state index contributed by atoms with van der Waals surface area (Å²) in [6.45, 7) is 13.1. The van der Waals surface area contributed by atoms with Crippen molar-refractivity contribution in [1.82, 2.24) is 25.1 Å². The van der Waals surface area contributed by atoms with E-state index in [-0.39, 0.29) is 17.9 Å². The maximum atomic E-state index is 11.9. The Morgan fingerprint density at radius 1 is 1.39 bits per heavy atom. The third-order valence-electron chi connectivity index (χ3n) is 5.53. The number of aromatic nitrogens is 2. The molecule has 1 saturated heterocycles. The van der Waals surface area contributed by atoms with E-state index in [0.717, 1.165) is 5.92 Å². The lowest BCUT2D eigenvalue weighted by Gasteiger charge is -2.22. The standard InChI is InChI=1S/C11H19FN2O2.C10H7ClN4O.C4H10/c1-8-6-14(7-11(8,2)3)10(16)5-13-9(15)4-12;11-8-2-1-3-15-10(8)7(5-14-15)9(4-12)13-6-16;1-4(2)3/h8H,4-7H2,1-3H3,(H,13,15);1-3,5-6,9H,(H,13,16);4H,1-3H3. The van der Waals surface area contributed by atoms with Crippen LogP contribution >= 0.6 is 11.6 Å². The minimum Gasteiger partial charge on any atom is -0.345 e. The van der Waals surface area contributed by atoms with Gasteiger partial charge in [0.1, 0.15) is 6.04 Å². The first-order valence-electron chi connectivity index (χ1n) is 11.7. The number of rotatable bonds is 6. The molecule has 2 N–H and O–H groups in total. The van der Waals surface area contributed by atoms with Gasteiger partial charge in [-0.05, 0) is 29.4 Å². The molecule has 0 bridgehead atoms. The predicted molar refractivity (Wildman–Crippen MR) is 137 cm³/mol. The smallest absolute Gasteiger partial charge is 0.251 e. The molecule has 2 aromatic rings. The molecule has 36 heavy (non-hydrogen) atoms. The van der Waals surface area contributed by atoms with E-state index in [1.54, 1.807) is 27.7 Å². The van der Waals surface area contributed by atoms with Gasteiger partial charge in [-0.1, -0.05) is 53.1 Å². The number of hydrogen-bond acceptors (Lipinski definition) is 5. The highest BCUT2D eigenvalue weighted by Gasteiger charge is 2.38. The molecule has 11 heteroatoms. The summed E-state index contributed by atoms with van der Waals surface area (Å²) in [4.78, 5) is 34.4. The zero-order valence-corrected chi connectivity index (χ0v) is 22.5. The number of amides is 3. The molecule has 3 amide bonds. The average Bonchev–Trinajstić information content (AvgIpc) is 3.36. The molecule has 2 aromatic heterocycles. The summed E-state index contributed by atoms with van der Waals surface area (Å²) in [5.41, 5.74) is 1.32. The first-order valence-corrected chi connectivity index (χ1v) is 12.1.